The van der Waals surface area contributed by atoms with E-state index in [9.17, 15) is 0 Å². The van der Waals surface area contributed by atoms with Crippen molar-refractivity contribution in [2.45, 2.75) is 33.4 Å². The van der Waals surface area contributed by atoms with Crippen molar-refractivity contribution in [2.75, 3.05) is 6.54 Å². The molecule has 0 unspecified atom stereocenters. The largest absolute Gasteiger partial charge is 0.334 e. The van der Waals surface area contributed by atoms with Gasteiger partial charge in [0, 0.05) is 31.5 Å². The Morgan fingerprint density at radius 3 is 2.83 bits per heavy atom. The second-order valence-electron chi connectivity index (χ2n) is 4.76. The topological polar surface area (TPSA) is 29.9 Å². The molecule has 18 heavy (non-hydrogen) atoms. The maximum atomic E-state index is 4.22. The van der Waals surface area contributed by atoms with Crippen LogP contribution in [0.1, 0.15) is 29.9 Å². The third kappa shape index (κ3) is 3.20. The number of nitrogens with one attached hydrogen (secondary N) is 1. The van der Waals surface area contributed by atoms with Crippen molar-refractivity contribution in [3.8, 4) is 0 Å². The molecule has 2 rings (SSSR count). The van der Waals surface area contributed by atoms with Gasteiger partial charge in [-0.05, 0) is 26.3 Å². The number of aryl methyl sites for hydroxylation is 2. The molecule has 0 aliphatic rings. The Labute approximate surface area is 109 Å². The Morgan fingerprint density at radius 2 is 2.17 bits per heavy atom. The molecule has 0 saturated heterocycles. The summed E-state index contributed by atoms with van der Waals surface area (Å²) in [5.74, 6) is 1.07. The van der Waals surface area contributed by atoms with E-state index < -0.39 is 0 Å². The van der Waals surface area contributed by atoms with Crippen molar-refractivity contribution in [3.63, 3.8) is 0 Å². The summed E-state index contributed by atoms with van der Waals surface area (Å²) in [6, 6.07) is 9.04. The van der Waals surface area contributed by atoms with E-state index in [2.05, 4.69) is 53.0 Å². The highest BCUT2D eigenvalue weighted by atomic mass is 15.1. The highest BCUT2D eigenvalue weighted by molar-refractivity contribution is 5.24. The first-order chi connectivity index (χ1) is 8.66. The van der Waals surface area contributed by atoms with E-state index in [0.717, 1.165) is 18.9 Å². The summed E-state index contributed by atoms with van der Waals surface area (Å²) < 4.78 is 2.16. The van der Waals surface area contributed by atoms with Crippen LogP contribution < -0.4 is 5.32 Å². The molecule has 0 amide bonds. The fourth-order valence-corrected chi connectivity index (χ4v) is 2.10. The first-order valence-corrected chi connectivity index (χ1v) is 6.44. The van der Waals surface area contributed by atoms with Crippen molar-refractivity contribution in [1.82, 2.24) is 14.9 Å². The minimum absolute atomic E-state index is 0.383. The molecule has 1 heterocycles. The minimum atomic E-state index is 0.383. The van der Waals surface area contributed by atoms with Gasteiger partial charge in [-0.2, -0.15) is 0 Å². The van der Waals surface area contributed by atoms with E-state index in [1.54, 1.807) is 0 Å². The standard InChI is InChI=1S/C15H21N3/c1-12-5-4-6-15(11-12)13(2)16-7-9-18-10-8-17-14(18)3/h4-6,8,10-11,13,16H,7,9H2,1-3H3/t13-/m1/s1. The molecule has 3 nitrogen and oxygen atoms in total. The SMILES string of the molecule is Cc1cccc([C@@H](C)NCCn2ccnc2C)c1. The Hall–Kier alpha value is -1.61. The summed E-state index contributed by atoms with van der Waals surface area (Å²) in [6.45, 7) is 8.28. The van der Waals surface area contributed by atoms with E-state index in [1.807, 2.05) is 19.3 Å². The minimum Gasteiger partial charge on any atom is -0.334 e. The molecule has 0 bridgehead atoms. The van der Waals surface area contributed by atoms with Gasteiger partial charge in [-0.15, -0.1) is 0 Å². The quantitative estimate of drug-likeness (QED) is 0.875. The lowest BCUT2D eigenvalue weighted by Crippen LogP contribution is -2.23. The second-order valence-corrected chi connectivity index (χ2v) is 4.76. The highest BCUT2D eigenvalue weighted by Gasteiger charge is 2.04. The molecule has 96 valence electrons. The van der Waals surface area contributed by atoms with Gasteiger partial charge in [0.15, 0.2) is 0 Å². The molecule has 1 N–H and O–H groups in total. The predicted molar refractivity (Wildman–Crippen MR) is 74.6 cm³/mol. The molecule has 1 aromatic carbocycles. The van der Waals surface area contributed by atoms with Gasteiger partial charge in [0.25, 0.3) is 0 Å². The third-order valence-electron chi connectivity index (χ3n) is 3.27. The molecule has 0 aliphatic heterocycles. The molecule has 0 spiro atoms. The number of nitrogens with zero attached hydrogens (tertiary/aromatic N) is 2. The van der Waals surface area contributed by atoms with Gasteiger partial charge in [-0.25, -0.2) is 4.98 Å². The number of benzene rings is 1. The molecular formula is C15H21N3. The maximum absolute atomic E-state index is 4.22. The summed E-state index contributed by atoms with van der Waals surface area (Å²) in [7, 11) is 0. The molecule has 0 fully saturated rings. The van der Waals surface area contributed by atoms with E-state index in [1.165, 1.54) is 11.1 Å². The molecule has 0 saturated carbocycles. The van der Waals surface area contributed by atoms with Crippen molar-refractivity contribution in [2.24, 2.45) is 0 Å². The summed E-state index contributed by atoms with van der Waals surface area (Å²) >= 11 is 0. The Kier molecular flexibility index (Phi) is 4.15. The number of aromatic nitrogens is 2. The average molecular weight is 243 g/mol. The third-order valence-corrected chi connectivity index (χ3v) is 3.27. The number of imidazole rings is 1. The van der Waals surface area contributed by atoms with Crippen LogP contribution >= 0.6 is 0 Å². The molecule has 0 aliphatic carbocycles. The van der Waals surface area contributed by atoms with E-state index in [4.69, 9.17) is 0 Å². The van der Waals surface area contributed by atoms with Crippen molar-refractivity contribution in [3.05, 3.63) is 53.6 Å². The number of hydrogen-bond acceptors (Lipinski definition) is 2. The first kappa shape index (κ1) is 12.8. The fraction of sp³-hybridized carbons (Fsp3) is 0.400. The molecular weight excluding hydrogens is 222 g/mol. The Morgan fingerprint density at radius 1 is 1.33 bits per heavy atom. The molecule has 1 aromatic heterocycles. The van der Waals surface area contributed by atoms with Crippen LogP contribution in [0.4, 0.5) is 0 Å². The van der Waals surface area contributed by atoms with Crippen LogP contribution in [-0.2, 0) is 6.54 Å². The van der Waals surface area contributed by atoms with Crippen LogP contribution in [0.2, 0.25) is 0 Å². The lowest BCUT2D eigenvalue weighted by molar-refractivity contribution is 0.526. The van der Waals surface area contributed by atoms with Crippen LogP contribution in [0.3, 0.4) is 0 Å². The summed E-state index contributed by atoms with van der Waals surface area (Å²) in [4.78, 5) is 4.22. The Balaban J connectivity index is 1.85. The van der Waals surface area contributed by atoms with Crippen LogP contribution in [0.25, 0.3) is 0 Å². The van der Waals surface area contributed by atoms with Crippen LogP contribution in [0, 0.1) is 13.8 Å². The van der Waals surface area contributed by atoms with Crippen molar-refractivity contribution >= 4 is 0 Å². The molecule has 0 radical (unpaired) electrons. The normalized spacial score (nSPS) is 12.6. The van der Waals surface area contributed by atoms with Crippen LogP contribution in [0.5, 0.6) is 0 Å². The van der Waals surface area contributed by atoms with E-state index in [0.29, 0.717) is 6.04 Å². The summed E-state index contributed by atoms with van der Waals surface area (Å²) in [5.41, 5.74) is 2.66. The van der Waals surface area contributed by atoms with E-state index >= 15 is 0 Å². The molecule has 2 aromatic rings. The zero-order valence-electron chi connectivity index (χ0n) is 11.4. The number of rotatable bonds is 5. The summed E-state index contributed by atoms with van der Waals surface area (Å²) in [6.07, 6.45) is 3.87. The zero-order chi connectivity index (χ0) is 13.0. The lowest BCUT2D eigenvalue weighted by Gasteiger charge is -2.15. The Bertz CT molecular complexity index is 502. The molecule has 1 atom stereocenters. The van der Waals surface area contributed by atoms with Crippen LogP contribution in [0.15, 0.2) is 36.7 Å². The maximum Gasteiger partial charge on any atom is 0.105 e. The van der Waals surface area contributed by atoms with Crippen LogP contribution in [-0.4, -0.2) is 16.1 Å². The summed E-state index contributed by atoms with van der Waals surface area (Å²) in [5, 5.41) is 3.54. The van der Waals surface area contributed by atoms with Gasteiger partial charge >= 0.3 is 0 Å². The lowest BCUT2D eigenvalue weighted by atomic mass is 10.1. The monoisotopic (exact) mass is 243 g/mol. The highest BCUT2D eigenvalue weighted by Crippen LogP contribution is 2.13. The van der Waals surface area contributed by atoms with Gasteiger partial charge in [-0.3, -0.25) is 0 Å². The van der Waals surface area contributed by atoms with Crippen molar-refractivity contribution in [1.29, 1.82) is 0 Å². The van der Waals surface area contributed by atoms with Gasteiger partial charge in [0.1, 0.15) is 5.82 Å². The van der Waals surface area contributed by atoms with Gasteiger partial charge in [0.05, 0.1) is 0 Å². The number of hydrogen-bond donors (Lipinski definition) is 1. The fourth-order valence-electron chi connectivity index (χ4n) is 2.10. The van der Waals surface area contributed by atoms with Gasteiger partial charge < -0.3 is 9.88 Å². The van der Waals surface area contributed by atoms with Gasteiger partial charge in [0.2, 0.25) is 0 Å². The first-order valence-electron chi connectivity index (χ1n) is 6.44. The molecule has 3 heteroatoms. The average Bonchev–Trinajstić information content (AvgIpc) is 2.75. The van der Waals surface area contributed by atoms with Gasteiger partial charge in [-0.1, -0.05) is 29.8 Å². The zero-order valence-corrected chi connectivity index (χ0v) is 11.4. The predicted octanol–water partition coefficient (Wildman–Crippen LogP) is 2.85. The van der Waals surface area contributed by atoms with Crippen molar-refractivity contribution < 1.29 is 0 Å². The smallest absolute Gasteiger partial charge is 0.105 e. The van der Waals surface area contributed by atoms with E-state index in [-0.39, 0.29) is 0 Å². The second kappa shape index (κ2) is 5.83.